The third-order valence-electron chi connectivity index (χ3n) is 3.35. The molecule has 0 saturated carbocycles. The maximum absolute atomic E-state index is 11.1. The maximum atomic E-state index is 11.1. The molecule has 0 spiro atoms. The highest BCUT2D eigenvalue weighted by molar-refractivity contribution is 5.92. The highest BCUT2D eigenvalue weighted by Crippen LogP contribution is 2.35. The standard InChI is InChI=1S/C17H11NO3/c1-18-13-5-2-11(3-6-13)14-8-9-21-16-7-4-12(17(19)20)10-15(14)16/h2-8,10H,9H2,(H,19,20). The monoisotopic (exact) mass is 277 g/mol. The molecule has 0 bridgehead atoms. The molecule has 4 nitrogen and oxygen atoms in total. The van der Waals surface area contributed by atoms with Gasteiger partial charge in [-0.25, -0.2) is 9.64 Å². The van der Waals surface area contributed by atoms with Crippen molar-refractivity contribution in [3.05, 3.63) is 76.6 Å². The zero-order chi connectivity index (χ0) is 14.8. The van der Waals surface area contributed by atoms with E-state index in [2.05, 4.69) is 4.85 Å². The van der Waals surface area contributed by atoms with Gasteiger partial charge in [0, 0.05) is 5.56 Å². The van der Waals surface area contributed by atoms with Gasteiger partial charge in [-0.3, -0.25) is 0 Å². The molecule has 2 aromatic carbocycles. The van der Waals surface area contributed by atoms with Gasteiger partial charge in [0.1, 0.15) is 12.4 Å². The minimum atomic E-state index is -0.967. The van der Waals surface area contributed by atoms with Crippen molar-refractivity contribution in [2.24, 2.45) is 0 Å². The average Bonchev–Trinajstić information content (AvgIpc) is 2.54. The first-order valence-corrected chi connectivity index (χ1v) is 6.37. The number of ether oxygens (including phenoxy) is 1. The van der Waals surface area contributed by atoms with Gasteiger partial charge in [0.25, 0.3) is 0 Å². The molecule has 0 radical (unpaired) electrons. The third-order valence-corrected chi connectivity index (χ3v) is 3.35. The van der Waals surface area contributed by atoms with Crippen molar-refractivity contribution in [2.75, 3.05) is 6.61 Å². The topological polar surface area (TPSA) is 50.9 Å². The molecule has 0 unspecified atom stereocenters. The highest BCUT2D eigenvalue weighted by Gasteiger charge is 2.17. The maximum Gasteiger partial charge on any atom is 0.335 e. The van der Waals surface area contributed by atoms with Crippen molar-refractivity contribution in [3.63, 3.8) is 0 Å². The van der Waals surface area contributed by atoms with Gasteiger partial charge >= 0.3 is 5.97 Å². The van der Waals surface area contributed by atoms with Gasteiger partial charge in [0.05, 0.1) is 12.1 Å². The Balaban J connectivity index is 2.09. The van der Waals surface area contributed by atoms with Crippen molar-refractivity contribution in [3.8, 4) is 5.75 Å². The summed E-state index contributed by atoms with van der Waals surface area (Å²) in [6.07, 6.45) is 1.92. The average molecular weight is 277 g/mol. The number of carboxylic acid groups (broad SMARTS) is 1. The van der Waals surface area contributed by atoms with Crippen LogP contribution >= 0.6 is 0 Å². The summed E-state index contributed by atoms with van der Waals surface area (Å²) in [6, 6.07) is 12.1. The minimum Gasteiger partial charge on any atom is -0.489 e. The van der Waals surface area contributed by atoms with Crippen molar-refractivity contribution in [2.45, 2.75) is 0 Å². The predicted octanol–water partition coefficient (Wildman–Crippen LogP) is 3.76. The predicted molar refractivity (Wildman–Crippen MR) is 78.7 cm³/mol. The lowest BCUT2D eigenvalue weighted by Gasteiger charge is -2.19. The highest BCUT2D eigenvalue weighted by atomic mass is 16.5. The minimum absolute atomic E-state index is 0.225. The molecule has 0 aromatic heterocycles. The first-order valence-electron chi connectivity index (χ1n) is 6.37. The number of carbonyl (C=O) groups is 1. The molecule has 1 aliphatic heterocycles. The lowest BCUT2D eigenvalue weighted by atomic mass is 9.94. The van der Waals surface area contributed by atoms with Crippen molar-refractivity contribution < 1.29 is 14.6 Å². The molecule has 102 valence electrons. The van der Waals surface area contributed by atoms with Crippen LogP contribution in [0.2, 0.25) is 0 Å². The van der Waals surface area contributed by atoms with Gasteiger partial charge in [0.2, 0.25) is 0 Å². The molecule has 4 heteroatoms. The second-order valence-electron chi connectivity index (χ2n) is 4.60. The first-order chi connectivity index (χ1) is 10.2. The Labute approximate surface area is 121 Å². The van der Waals surface area contributed by atoms with Gasteiger partial charge in [-0.15, -0.1) is 0 Å². The number of benzene rings is 2. The fraction of sp³-hybridized carbons (Fsp3) is 0.0588. The molecule has 1 N–H and O–H groups in total. The summed E-state index contributed by atoms with van der Waals surface area (Å²) in [5.41, 5.74) is 3.43. The van der Waals surface area contributed by atoms with E-state index in [1.54, 1.807) is 24.3 Å². The van der Waals surface area contributed by atoms with E-state index in [4.69, 9.17) is 16.4 Å². The van der Waals surface area contributed by atoms with Crippen LogP contribution in [-0.4, -0.2) is 17.7 Å². The summed E-state index contributed by atoms with van der Waals surface area (Å²) >= 11 is 0. The van der Waals surface area contributed by atoms with E-state index in [-0.39, 0.29) is 5.56 Å². The molecular weight excluding hydrogens is 266 g/mol. The molecule has 0 atom stereocenters. The Morgan fingerprint density at radius 3 is 2.62 bits per heavy atom. The van der Waals surface area contributed by atoms with E-state index >= 15 is 0 Å². The smallest absolute Gasteiger partial charge is 0.335 e. The fourth-order valence-electron chi connectivity index (χ4n) is 2.31. The number of aromatic carboxylic acids is 1. The summed E-state index contributed by atoms with van der Waals surface area (Å²) in [5, 5.41) is 9.12. The summed E-state index contributed by atoms with van der Waals surface area (Å²) < 4.78 is 5.54. The molecule has 3 rings (SSSR count). The molecule has 1 heterocycles. The van der Waals surface area contributed by atoms with Gasteiger partial charge in [0.15, 0.2) is 5.69 Å². The first kappa shape index (κ1) is 12.9. The zero-order valence-corrected chi connectivity index (χ0v) is 11.0. The summed E-state index contributed by atoms with van der Waals surface area (Å²) in [5.74, 6) is -0.294. The normalized spacial score (nSPS) is 12.6. The Kier molecular flexibility index (Phi) is 3.17. The SMILES string of the molecule is [C-]#[N+]c1ccc(C2=CCOc3ccc(C(=O)O)cc32)cc1. The summed E-state index contributed by atoms with van der Waals surface area (Å²) in [7, 11) is 0. The van der Waals surface area contributed by atoms with E-state index in [9.17, 15) is 4.79 Å². The molecule has 0 aliphatic carbocycles. The van der Waals surface area contributed by atoms with Gasteiger partial charge < -0.3 is 9.84 Å². The van der Waals surface area contributed by atoms with Crippen LogP contribution in [0.3, 0.4) is 0 Å². The van der Waals surface area contributed by atoms with Gasteiger partial charge in [-0.05, 0) is 35.4 Å². The summed E-state index contributed by atoms with van der Waals surface area (Å²) in [4.78, 5) is 14.5. The van der Waals surface area contributed by atoms with Crippen molar-refractivity contribution in [1.82, 2.24) is 0 Å². The second kappa shape index (κ2) is 5.14. The number of carboxylic acids is 1. The second-order valence-corrected chi connectivity index (χ2v) is 4.60. The van der Waals surface area contributed by atoms with E-state index in [0.717, 1.165) is 16.7 Å². The molecule has 0 amide bonds. The van der Waals surface area contributed by atoms with Crippen LogP contribution in [-0.2, 0) is 0 Å². The quantitative estimate of drug-likeness (QED) is 0.850. The molecule has 2 aromatic rings. The fourth-order valence-corrected chi connectivity index (χ4v) is 2.31. The lowest BCUT2D eigenvalue weighted by molar-refractivity contribution is 0.0697. The molecule has 21 heavy (non-hydrogen) atoms. The number of nitrogens with zero attached hydrogens (tertiary/aromatic N) is 1. The molecule has 1 aliphatic rings. The molecule has 0 saturated heterocycles. The largest absolute Gasteiger partial charge is 0.489 e. The Hall–Kier alpha value is -3.06. The van der Waals surface area contributed by atoms with E-state index in [1.807, 2.05) is 18.2 Å². The van der Waals surface area contributed by atoms with E-state index in [0.29, 0.717) is 18.0 Å². The van der Waals surface area contributed by atoms with Crippen LogP contribution in [0.4, 0.5) is 5.69 Å². The third kappa shape index (κ3) is 2.37. The van der Waals surface area contributed by atoms with Crippen LogP contribution in [0.15, 0.2) is 48.5 Å². The van der Waals surface area contributed by atoms with Crippen molar-refractivity contribution in [1.29, 1.82) is 0 Å². The van der Waals surface area contributed by atoms with Crippen LogP contribution < -0.4 is 4.74 Å². The van der Waals surface area contributed by atoms with Gasteiger partial charge in [-0.1, -0.05) is 24.3 Å². The van der Waals surface area contributed by atoms with Crippen molar-refractivity contribution >= 4 is 17.2 Å². The Morgan fingerprint density at radius 2 is 1.95 bits per heavy atom. The van der Waals surface area contributed by atoms with E-state index < -0.39 is 5.97 Å². The lowest BCUT2D eigenvalue weighted by Crippen LogP contribution is -2.07. The van der Waals surface area contributed by atoms with Gasteiger partial charge in [-0.2, -0.15) is 0 Å². The van der Waals surface area contributed by atoms with Crippen LogP contribution in [0, 0.1) is 6.57 Å². The molecular formula is C17H11NO3. The molecule has 0 fully saturated rings. The number of hydrogen-bond donors (Lipinski definition) is 1. The van der Waals surface area contributed by atoms with Crippen LogP contribution in [0.5, 0.6) is 5.75 Å². The summed E-state index contributed by atoms with van der Waals surface area (Å²) in [6.45, 7) is 7.42. The number of hydrogen-bond acceptors (Lipinski definition) is 2. The van der Waals surface area contributed by atoms with Crippen LogP contribution in [0.1, 0.15) is 21.5 Å². The Morgan fingerprint density at radius 1 is 1.19 bits per heavy atom. The number of rotatable bonds is 2. The van der Waals surface area contributed by atoms with Crippen LogP contribution in [0.25, 0.3) is 10.4 Å². The zero-order valence-electron chi connectivity index (χ0n) is 11.0. The Bertz CT molecular complexity index is 783. The van der Waals surface area contributed by atoms with E-state index in [1.165, 1.54) is 6.07 Å². The number of fused-ring (bicyclic) bond motifs is 1.